The Morgan fingerprint density at radius 3 is 2.53 bits per heavy atom. The van der Waals surface area contributed by atoms with Crippen LogP contribution in [0.3, 0.4) is 0 Å². The summed E-state index contributed by atoms with van der Waals surface area (Å²) in [5, 5.41) is 4.81. The van der Waals surface area contributed by atoms with Gasteiger partial charge in [0.15, 0.2) is 0 Å². The molecule has 0 radical (unpaired) electrons. The highest BCUT2D eigenvalue weighted by atomic mass is 35.5. The third-order valence-electron chi connectivity index (χ3n) is 5.88. The summed E-state index contributed by atoms with van der Waals surface area (Å²) in [5.41, 5.74) is 7.51. The van der Waals surface area contributed by atoms with Gasteiger partial charge in [-0.05, 0) is 42.8 Å². The van der Waals surface area contributed by atoms with Gasteiger partial charge in [-0.2, -0.15) is 14.1 Å². The minimum atomic E-state index is -3.57. The van der Waals surface area contributed by atoms with E-state index in [9.17, 15) is 13.2 Å². The summed E-state index contributed by atoms with van der Waals surface area (Å²) in [5.74, 6) is 0.444. The number of aromatic nitrogens is 2. The molecule has 0 bridgehead atoms. The molecule has 1 aliphatic rings. The lowest BCUT2D eigenvalue weighted by Gasteiger charge is -2.35. The van der Waals surface area contributed by atoms with Crippen molar-refractivity contribution in [2.45, 2.75) is 12.7 Å². The van der Waals surface area contributed by atoms with E-state index in [0.717, 1.165) is 0 Å². The van der Waals surface area contributed by atoms with Crippen molar-refractivity contribution in [3.63, 3.8) is 0 Å². The second kappa shape index (κ2) is 10.8. The van der Waals surface area contributed by atoms with E-state index >= 15 is 0 Å². The van der Waals surface area contributed by atoms with Crippen LogP contribution in [0.5, 0.6) is 11.5 Å². The van der Waals surface area contributed by atoms with E-state index in [0.29, 0.717) is 53.1 Å². The van der Waals surface area contributed by atoms with Crippen LogP contribution in [0.25, 0.3) is 5.69 Å². The lowest BCUT2D eigenvalue weighted by atomic mass is 10.2. The van der Waals surface area contributed by atoms with Crippen molar-refractivity contribution in [2.75, 3.05) is 50.5 Å². The number of ether oxygens (including phenoxy) is 2. The molecule has 2 N–H and O–H groups in total. The van der Waals surface area contributed by atoms with Crippen molar-refractivity contribution < 1.29 is 17.9 Å². The number of piperazine rings is 1. The molecule has 1 saturated heterocycles. The Morgan fingerprint density at radius 2 is 1.86 bits per heavy atom. The number of hydrogen-bond donors (Lipinski definition) is 1. The fourth-order valence-corrected chi connectivity index (χ4v) is 5.77. The summed E-state index contributed by atoms with van der Waals surface area (Å²) >= 11 is 6.08. The van der Waals surface area contributed by atoms with Crippen LogP contribution >= 0.6 is 11.6 Å². The first-order valence-corrected chi connectivity index (χ1v) is 13.4. The molecule has 4 rings (SSSR count). The fourth-order valence-electron chi connectivity index (χ4n) is 4.08. The monoisotopic (exact) mass is 533 g/mol. The molecular weight excluding hydrogens is 506 g/mol. The van der Waals surface area contributed by atoms with Gasteiger partial charge in [-0.1, -0.05) is 23.7 Å². The molecule has 192 valence electrons. The number of halogens is 1. The molecule has 2 heterocycles. The maximum absolute atomic E-state index is 13.2. The molecule has 2 aromatic carbocycles. The van der Waals surface area contributed by atoms with Gasteiger partial charge in [0.25, 0.3) is 0 Å². The summed E-state index contributed by atoms with van der Waals surface area (Å²) in [7, 11) is -2.08. The third kappa shape index (κ3) is 5.43. The smallest absolute Gasteiger partial charge is 0.316 e. The molecule has 12 heteroatoms. The Bertz CT molecular complexity index is 1400. The summed E-state index contributed by atoms with van der Waals surface area (Å²) in [4.78, 5) is 15.1. The molecule has 0 unspecified atom stereocenters. The van der Waals surface area contributed by atoms with Crippen LogP contribution in [-0.2, 0) is 15.8 Å². The molecule has 10 nitrogen and oxygen atoms in total. The predicted molar refractivity (Wildman–Crippen MR) is 140 cm³/mol. The number of hydrogen-bond acceptors (Lipinski definition) is 8. The van der Waals surface area contributed by atoms with Gasteiger partial charge in [0.05, 0.1) is 37.0 Å². The van der Waals surface area contributed by atoms with E-state index in [1.54, 1.807) is 55.6 Å². The molecule has 36 heavy (non-hydrogen) atoms. The third-order valence-corrected chi connectivity index (χ3v) is 7.96. The molecule has 0 atom stereocenters. The Hall–Kier alpha value is -3.28. The number of sulfonamides is 1. The number of nitrogen functional groups attached to an aromatic ring is 1. The van der Waals surface area contributed by atoms with Gasteiger partial charge in [0.1, 0.15) is 11.4 Å². The van der Waals surface area contributed by atoms with E-state index in [-0.39, 0.29) is 24.6 Å². The highest BCUT2D eigenvalue weighted by Crippen LogP contribution is 2.28. The van der Waals surface area contributed by atoms with Gasteiger partial charge < -0.3 is 20.1 Å². The topological polar surface area (TPSA) is 120 Å². The van der Waals surface area contributed by atoms with Crippen LogP contribution in [0.1, 0.15) is 12.5 Å². The van der Waals surface area contributed by atoms with Crippen molar-refractivity contribution in [3.05, 3.63) is 69.6 Å². The fraction of sp³-hybridized carbons (Fsp3) is 0.333. The maximum Gasteiger partial charge on any atom is 0.316 e. The van der Waals surface area contributed by atoms with Crippen molar-refractivity contribution in [1.82, 2.24) is 14.1 Å². The first-order chi connectivity index (χ1) is 17.2. The van der Waals surface area contributed by atoms with E-state index in [2.05, 4.69) is 5.10 Å². The largest absolute Gasteiger partial charge is 0.495 e. The average molecular weight is 534 g/mol. The lowest BCUT2D eigenvalue weighted by Crippen LogP contribution is -2.49. The van der Waals surface area contributed by atoms with Crippen LogP contribution in [0, 0.1) is 0 Å². The van der Waals surface area contributed by atoms with Crippen LogP contribution < -0.4 is 25.7 Å². The zero-order valence-electron chi connectivity index (χ0n) is 20.1. The van der Waals surface area contributed by atoms with Crippen molar-refractivity contribution in [3.8, 4) is 17.2 Å². The zero-order chi connectivity index (χ0) is 25.9. The highest BCUT2D eigenvalue weighted by Gasteiger charge is 2.29. The molecule has 0 spiro atoms. The van der Waals surface area contributed by atoms with Crippen LogP contribution in [0.15, 0.2) is 53.5 Å². The average Bonchev–Trinajstić information content (AvgIpc) is 2.86. The maximum atomic E-state index is 13.2. The van der Waals surface area contributed by atoms with E-state index in [4.69, 9.17) is 26.8 Å². The van der Waals surface area contributed by atoms with Gasteiger partial charge >= 0.3 is 5.56 Å². The van der Waals surface area contributed by atoms with Crippen molar-refractivity contribution in [1.29, 1.82) is 0 Å². The summed E-state index contributed by atoms with van der Waals surface area (Å²) in [6.07, 6.45) is 1.57. The zero-order valence-corrected chi connectivity index (χ0v) is 21.6. The highest BCUT2D eigenvalue weighted by molar-refractivity contribution is 7.88. The molecule has 3 aromatic rings. The number of nitrogens with two attached hydrogens (primary N) is 1. The Kier molecular flexibility index (Phi) is 7.72. The molecule has 0 amide bonds. The van der Waals surface area contributed by atoms with Crippen LogP contribution in [0.2, 0.25) is 5.02 Å². The van der Waals surface area contributed by atoms with Crippen LogP contribution in [0.4, 0.5) is 11.4 Å². The number of anilines is 2. The normalized spacial score (nSPS) is 14.6. The summed E-state index contributed by atoms with van der Waals surface area (Å²) < 4.78 is 39.7. The number of benzene rings is 2. The number of nitrogens with zero attached hydrogens (tertiary/aromatic N) is 4. The van der Waals surface area contributed by atoms with E-state index < -0.39 is 15.6 Å². The summed E-state index contributed by atoms with van der Waals surface area (Å²) in [6, 6.07) is 11.8. The molecule has 1 aromatic heterocycles. The quantitative estimate of drug-likeness (QED) is 0.439. The van der Waals surface area contributed by atoms with Crippen LogP contribution in [-0.4, -0.2) is 62.4 Å². The summed E-state index contributed by atoms with van der Waals surface area (Å²) in [6.45, 7) is 3.37. The van der Waals surface area contributed by atoms with Gasteiger partial charge in [-0.15, -0.1) is 0 Å². The Morgan fingerprint density at radius 1 is 1.11 bits per heavy atom. The van der Waals surface area contributed by atoms with Gasteiger partial charge in [-0.25, -0.2) is 8.42 Å². The minimum Gasteiger partial charge on any atom is -0.495 e. The van der Waals surface area contributed by atoms with Gasteiger partial charge in [0.2, 0.25) is 15.8 Å². The molecule has 1 fully saturated rings. The van der Waals surface area contributed by atoms with E-state index in [1.807, 2.05) is 4.90 Å². The van der Waals surface area contributed by atoms with E-state index in [1.165, 1.54) is 16.1 Å². The predicted octanol–water partition coefficient (Wildman–Crippen LogP) is 2.53. The van der Waals surface area contributed by atoms with Crippen molar-refractivity contribution >= 4 is 33.0 Å². The van der Waals surface area contributed by atoms with Gasteiger partial charge in [-0.3, -0.25) is 4.79 Å². The van der Waals surface area contributed by atoms with Crippen molar-refractivity contribution in [2.24, 2.45) is 0 Å². The first kappa shape index (κ1) is 25.8. The number of rotatable bonds is 8. The van der Waals surface area contributed by atoms with Gasteiger partial charge in [0, 0.05) is 31.2 Å². The Labute approximate surface area is 214 Å². The SMILES string of the molecule is CCOc1c(N2CCN(S(=O)(=O)Cc3ccc(N)c(OC)c3)CC2)cnn(-c2cccc(Cl)c2)c1=O. The number of methoxy groups -OCH3 is 1. The standard InChI is InChI=1S/C24H28ClN5O5S/c1-3-35-23-21(15-27-30(24(23)31)19-6-4-5-18(25)14-19)28-9-11-29(12-10-28)36(32,33)16-17-7-8-20(26)22(13-17)34-2/h4-8,13-15H,3,9-12,16,26H2,1-2H3. The molecule has 1 aliphatic heterocycles. The Balaban J connectivity index is 1.52. The second-order valence-corrected chi connectivity index (χ2v) is 10.6. The lowest BCUT2D eigenvalue weighted by molar-refractivity contribution is 0.329. The minimum absolute atomic E-state index is 0.162. The molecular formula is C24H28ClN5O5S. The second-order valence-electron chi connectivity index (χ2n) is 8.21. The molecule has 0 aliphatic carbocycles. The first-order valence-electron chi connectivity index (χ1n) is 11.4. The molecule has 0 saturated carbocycles.